The third kappa shape index (κ3) is 7.72. The highest BCUT2D eigenvalue weighted by Gasteiger charge is 2.24. The Labute approximate surface area is 222 Å². The molecule has 0 aliphatic rings. The first-order chi connectivity index (χ1) is 17.8. The molecule has 0 spiro atoms. The van der Waals surface area contributed by atoms with Crippen LogP contribution in [0.1, 0.15) is 29.9 Å². The number of methoxy groups -OCH3 is 2. The SMILES string of the molecule is COc1ccc(CCN(Cc2cccs2)C(=O)CN(C(=O)Nc2cccc(C#N)c2)C(C)C)cc1OC. The number of ether oxygens (including phenoxy) is 2. The van der Waals surface area contributed by atoms with Crippen molar-refractivity contribution in [1.82, 2.24) is 9.80 Å². The molecule has 0 fully saturated rings. The van der Waals surface area contributed by atoms with E-state index in [0.717, 1.165) is 10.4 Å². The van der Waals surface area contributed by atoms with Crippen molar-refractivity contribution in [3.05, 3.63) is 76.0 Å². The fourth-order valence-corrected chi connectivity index (χ4v) is 4.50. The minimum Gasteiger partial charge on any atom is -0.493 e. The Morgan fingerprint density at radius 2 is 1.84 bits per heavy atom. The number of nitrogens with zero attached hydrogens (tertiary/aromatic N) is 3. The Morgan fingerprint density at radius 3 is 2.49 bits per heavy atom. The van der Waals surface area contributed by atoms with E-state index in [1.165, 1.54) is 4.90 Å². The molecule has 1 N–H and O–H groups in total. The summed E-state index contributed by atoms with van der Waals surface area (Å²) in [5.74, 6) is 1.14. The van der Waals surface area contributed by atoms with Crippen LogP contribution in [0.3, 0.4) is 0 Å². The molecule has 9 heteroatoms. The molecule has 0 bridgehead atoms. The van der Waals surface area contributed by atoms with Crippen molar-refractivity contribution in [1.29, 1.82) is 5.26 Å². The summed E-state index contributed by atoms with van der Waals surface area (Å²) in [6.45, 7) is 4.60. The lowest BCUT2D eigenvalue weighted by Gasteiger charge is -2.30. The second-order valence-corrected chi connectivity index (χ2v) is 9.71. The highest BCUT2D eigenvalue weighted by molar-refractivity contribution is 7.09. The molecule has 1 heterocycles. The van der Waals surface area contributed by atoms with Crippen LogP contribution in [0.5, 0.6) is 11.5 Å². The fraction of sp³-hybridized carbons (Fsp3) is 0.321. The summed E-state index contributed by atoms with van der Waals surface area (Å²) in [4.78, 5) is 30.9. The maximum absolute atomic E-state index is 13.5. The van der Waals surface area contributed by atoms with E-state index in [-0.39, 0.29) is 18.5 Å². The van der Waals surface area contributed by atoms with Crippen molar-refractivity contribution in [2.24, 2.45) is 0 Å². The molecule has 3 aromatic rings. The van der Waals surface area contributed by atoms with E-state index in [4.69, 9.17) is 14.7 Å². The van der Waals surface area contributed by atoms with Gasteiger partial charge in [-0.25, -0.2) is 4.79 Å². The maximum Gasteiger partial charge on any atom is 0.322 e. The summed E-state index contributed by atoms with van der Waals surface area (Å²) in [5.41, 5.74) is 1.96. The van der Waals surface area contributed by atoms with Crippen molar-refractivity contribution in [3.63, 3.8) is 0 Å². The number of hydrogen-bond acceptors (Lipinski definition) is 6. The summed E-state index contributed by atoms with van der Waals surface area (Å²) < 4.78 is 10.7. The standard InChI is InChI=1S/C28H32N4O4S/c1-20(2)32(28(34)30-23-8-5-7-22(15-23)17-29)19-27(33)31(18-24-9-6-14-37-24)13-12-21-10-11-25(35-3)26(16-21)36-4/h5-11,14-16,20H,12-13,18-19H2,1-4H3,(H,30,34). The molecule has 0 aliphatic carbocycles. The lowest BCUT2D eigenvalue weighted by atomic mass is 10.1. The number of carbonyl (C=O) groups excluding carboxylic acids is 2. The Balaban J connectivity index is 1.74. The fourth-order valence-electron chi connectivity index (χ4n) is 3.78. The van der Waals surface area contributed by atoms with Gasteiger partial charge in [-0.1, -0.05) is 18.2 Å². The first-order valence-electron chi connectivity index (χ1n) is 11.9. The van der Waals surface area contributed by atoms with Gasteiger partial charge in [-0.15, -0.1) is 11.3 Å². The van der Waals surface area contributed by atoms with Crippen molar-refractivity contribution in [3.8, 4) is 17.6 Å². The van der Waals surface area contributed by atoms with Crippen LogP contribution >= 0.6 is 11.3 Å². The van der Waals surface area contributed by atoms with Crippen molar-refractivity contribution in [2.75, 3.05) is 32.6 Å². The molecular formula is C28H32N4O4S. The van der Waals surface area contributed by atoms with Gasteiger partial charge in [0.1, 0.15) is 6.54 Å². The van der Waals surface area contributed by atoms with Crippen LogP contribution in [-0.4, -0.2) is 55.1 Å². The number of benzene rings is 2. The number of urea groups is 1. The van der Waals surface area contributed by atoms with Gasteiger partial charge < -0.3 is 24.6 Å². The maximum atomic E-state index is 13.5. The van der Waals surface area contributed by atoms with E-state index in [2.05, 4.69) is 11.4 Å². The van der Waals surface area contributed by atoms with Crippen LogP contribution in [0.2, 0.25) is 0 Å². The van der Waals surface area contributed by atoms with Gasteiger partial charge in [0.15, 0.2) is 11.5 Å². The van der Waals surface area contributed by atoms with E-state index in [9.17, 15) is 9.59 Å². The number of nitriles is 1. The van der Waals surface area contributed by atoms with Gasteiger partial charge in [0.25, 0.3) is 0 Å². The molecule has 0 atom stereocenters. The molecular weight excluding hydrogens is 488 g/mol. The zero-order valence-electron chi connectivity index (χ0n) is 21.6. The molecule has 37 heavy (non-hydrogen) atoms. The summed E-state index contributed by atoms with van der Waals surface area (Å²) in [6, 6.07) is 17.8. The molecule has 0 aliphatic heterocycles. The zero-order chi connectivity index (χ0) is 26.8. The normalized spacial score (nSPS) is 10.5. The quantitative estimate of drug-likeness (QED) is 0.377. The van der Waals surface area contributed by atoms with Crippen LogP contribution < -0.4 is 14.8 Å². The molecule has 3 rings (SSSR count). The number of carbonyl (C=O) groups is 2. The topological polar surface area (TPSA) is 94.9 Å². The molecule has 3 amide bonds. The van der Waals surface area contributed by atoms with Gasteiger partial charge in [-0.05, 0) is 67.6 Å². The van der Waals surface area contributed by atoms with Crippen LogP contribution in [0.15, 0.2) is 60.0 Å². The van der Waals surface area contributed by atoms with Gasteiger partial charge in [0.05, 0.1) is 32.4 Å². The smallest absolute Gasteiger partial charge is 0.322 e. The number of amides is 3. The van der Waals surface area contributed by atoms with E-state index >= 15 is 0 Å². The van der Waals surface area contributed by atoms with Gasteiger partial charge in [-0.2, -0.15) is 5.26 Å². The van der Waals surface area contributed by atoms with E-state index in [0.29, 0.717) is 42.3 Å². The molecule has 0 radical (unpaired) electrons. The predicted molar refractivity (Wildman–Crippen MR) is 145 cm³/mol. The Kier molecular flexibility index (Phi) is 9.92. The molecule has 1 aromatic heterocycles. The third-order valence-electron chi connectivity index (χ3n) is 5.83. The first-order valence-corrected chi connectivity index (χ1v) is 12.8. The first kappa shape index (κ1) is 27.6. The Bertz CT molecular complexity index is 1240. The minimum atomic E-state index is -0.394. The van der Waals surface area contributed by atoms with Gasteiger partial charge in [-0.3, -0.25) is 4.79 Å². The molecule has 0 unspecified atom stereocenters. The predicted octanol–water partition coefficient (Wildman–Crippen LogP) is 5.15. The Morgan fingerprint density at radius 1 is 1.05 bits per heavy atom. The van der Waals surface area contributed by atoms with E-state index in [1.807, 2.05) is 49.6 Å². The van der Waals surface area contributed by atoms with E-state index in [1.54, 1.807) is 54.7 Å². The van der Waals surface area contributed by atoms with E-state index < -0.39 is 6.03 Å². The average Bonchev–Trinajstić information content (AvgIpc) is 3.42. The largest absolute Gasteiger partial charge is 0.493 e. The monoisotopic (exact) mass is 520 g/mol. The second kappa shape index (κ2) is 13.3. The number of hydrogen-bond donors (Lipinski definition) is 1. The van der Waals surface area contributed by atoms with Crippen molar-refractivity contribution < 1.29 is 19.1 Å². The molecule has 2 aromatic carbocycles. The van der Waals surface area contributed by atoms with Crippen LogP contribution in [0, 0.1) is 11.3 Å². The van der Waals surface area contributed by atoms with Gasteiger partial charge >= 0.3 is 6.03 Å². The number of thiophene rings is 1. The minimum absolute atomic E-state index is 0.0707. The molecule has 8 nitrogen and oxygen atoms in total. The van der Waals surface area contributed by atoms with Crippen molar-refractivity contribution >= 4 is 29.0 Å². The summed E-state index contributed by atoms with van der Waals surface area (Å²) in [5, 5.41) is 13.9. The zero-order valence-corrected chi connectivity index (χ0v) is 22.4. The molecule has 0 saturated carbocycles. The average molecular weight is 521 g/mol. The number of anilines is 1. The van der Waals surface area contributed by atoms with Crippen LogP contribution in [-0.2, 0) is 17.8 Å². The second-order valence-electron chi connectivity index (χ2n) is 8.68. The van der Waals surface area contributed by atoms with Crippen LogP contribution in [0.25, 0.3) is 0 Å². The number of nitrogens with one attached hydrogen (secondary N) is 1. The molecule has 0 saturated heterocycles. The lowest BCUT2D eigenvalue weighted by Crippen LogP contribution is -2.47. The summed E-state index contributed by atoms with van der Waals surface area (Å²) in [6.07, 6.45) is 0.617. The highest BCUT2D eigenvalue weighted by Crippen LogP contribution is 2.28. The highest BCUT2D eigenvalue weighted by atomic mass is 32.1. The van der Waals surface area contributed by atoms with Gasteiger partial charge in [0, 0.05) is 23.2 Å². The summed E-state index contributed by atoms with van der Waals surface area (Å²) in [7, 11) is 3.19. The van der Waals surface area contributed by atoms with Crippen molar-refractivity contribution in [2.45, 2.75) is 32.9 Å². The lowest BCUT2D eigenvalue weighted by molar-refractivity contribution is -0.132. The molecule has 194 valence electrons. The summed E-state index contributed by atoms with van der Waals surface area (Å²) >= 11 is 1.59. The third-order valence-corrected chi connectivity index (χ3v) is 6.69. The van der Waals surface area contributed by atoms with Crippen LogP contribution in [0.4, 0.5) is 10.5 Å². The van der Waals surface area contributed by atoms with Gasteiger partial charge in [0.2, 0.25) is 5.91 Å². The Hall–Kier alpha value is -4.03. The number of rotatable bonds is 11.